The number of ketones is 1. The lowest BCUT2D eigenvalue weighted by atomic mass is 9.72. The average Bonchev–Trinajstić information content (AvgIpc) is 2.58. The molecule has 1 saturated carbocycles. The van der Waals surface area contributed by atoms with Gasteiger partial charge in [0, 0.05) is 26.9 Å². The van der Waals surface area contributed by atoms with Crippen molar-refractivity contribution in [3.63, 3.8) is 0 Å². The molecule has 24 heavy (non-hydrogen) atoms. The maximum atomic E-state index is 12.4. The number of hydrogen-bond donors (Lipinski definition) is 2. The first-order valence-corrected chi connectivity index (χ1v) is 8.45. The predicted molar refractivity (Wildman–Crippen MR) is 89.3 cm³/mol. The maximum absolute atomic E-state index is 12.4. The van der Waals surface area contributed by atoms with E-state index in [2.05, 4.69) is 0 Å². The van der Waals surface area contributed by atoms with Crippen molar-refractivity contribution in [2.75, 3.05) is 7.11 Å². The minimum Gasteiger partial charge on any atom is -0.462 e. The topological polar surface area (TPSA) is 93.1 Å². The summed E-state index contributed by atoms with van der Waals surface area (Å²) in [5.74, 6) is -1.71. The Bertz CT molecular complexity index is 470. The largest absolute Gasteiger partial charge is 0.462 e. The van der Waals surface area contributed by atoms with Gasteiger partial charge >= 0.3 is 5.97 Å². The van der Waals surface area contributed by atoms with Crippen LogP contribution in [0.2, 0.25) is 0 Å². The van der Waals surface area contributed by atoms with Gasteiger partial charge in [0.2, 0.25) is 0 Å². The van der Waals surface area contributed by atoms with Gasteiger partial charge < -0.3 is 19.7 Å². The highest BCUT2D eigenvalue weighted by molar-refractivity contribution is 5.89. The Labute approximate surface area is 144 Å². The van der Waals surface area contributed by atoms with Crippen LogP contribution in [0.15, 0.2) is 0 Å². The number of carbonyl (C=O) groups excluding carboxylic acids is 2. The number of aliphatic hydroxyl groups is 2. The fourth-order valence-electron chi connectivity index (χ4n) is 3.62. The first-order chi connectivity index (χ1) is 10.8. The maximum Gasteiger partial charge on any atom is 0.302 e. The molecule has 0 bridgehead atoms. The summed E-state index contributed by atoms with van der Waals surface area (Å²) in [5.41, 5.74) is -1.06. The second-order valence-corrected chi connectivity index (χ2v) is 8.14. The molecule has 0 radical (unpaired) electrons. The molecule has 0 aromatic carbocycles. The van der Waals surface area contributed by atoms with Crippen LogP contribution >= 0.6 is 0 Å². The van der Waals surface area contributed by atoms with E-state index in [-0.39, 0.29) is 18.1 Å². The van der Waals surface area contributed by atoms with E-state index in [4.69, 9.17) is 9.47 Å². The predicted octanol–water partition coefficient (Wildman–Crippen LogP) is 1.71. The molecule has 0 aromatic rings. The first-order valence-electron chi connectivity index (χ1n) is 8.45. The number of Topliss-reactive ketones (excluding diaryl/α,β-unsaturated/α-hetero) is 1. The molecule has 1 fully saturated rings. The van der Waals surface area contributed by atoms with Crippen molar-refractivity contribution in [3.8, 4) is 0 Å². The summed E-state index contributed by atoms with van der Waals surface area (Å²) in [5, 5.41) is 20.7. The van der Waals surface area contributed by atoms with Gasteiger partial charge in [0.25, 0.3) is 0 Å². The zero-order valence-electron chi connectivity index (χ0n) is 15.8. The Kier molecular flexibility index (Phi) is 6.58. The molecule has 140 valence electrons. The molecule has 0 aliphatic heterocycles. The summed E-state index contributed by atoms with van der Waals surface area (Å²) >= 11 is 0. The molecule has 1 aliphatic rings. The molecule has 6 nitrogen and oxygen atoms in total. The zero-order chi connectivity index (χ0) is 18.9. The highest BCUT2D eigenvalue weighted by Crippen LogP contribution is 2.47. The lowest BCUT2D eigenvalue weighted by Gasteiger charge is -2.35. The molecule has 2 N–H and O–H groups in total. The second kappa shape index (κ2) is 7.50. The van der Waals surface area contributed by atoms with Gasteiger partial charge in [-0.25, -0.2) is 0 Å². The van der Waals surface area contributed by atoms with E-state index in [0.29, 0.717) is 6.42 Å². The lowest BCUT2D eigenvalue weighted by Crippen LogP contribution is -2.40. The van der Waals surface area contributed by atoms with Crippen LogP contribution in [0.25, 0.3) is 0 Å². The van der Waals surface area contributed by atoms with Crippen LogP contribution in [0.5, 0.6) is 0 Å². The van der Waals surface area contributed by atoms with E-state index in [1.54, 1.807) is 7.11 Å². The van der Waals surface area contributed by atoms with Crippen molar-refractivity contribution in [3.05, 3.63) is 0 Å². The highest BCUT2D eigenvalue weighted by atomic mass is 16.5. The molecule has 0 heterocycles. The van der Waals surface area contributed by atoms with Crippen molar-refractivity contribution in [2.24, 2.45) is 17.3 Å². The molecule has 5 atom stereocenters. The van der Waals surface area contributed by atoms with E-state index in [0.717, 1.165) is 0 Å². The van der Waals surface area contributed by atoms with Crippen molar-refractivity contribution < 1.29 is 29.3 Å². The van der Waals surface area contributed by atoms with Crippen LogP contribution in [0.3, 0.4) is 0 Å². The number of methoxy groups -OCH3 is 1. The number of ether oxygens (including phenoxy) is 2. The summed E-state index contributed by atoms with van der Waals surface area (Å²) < 4.78 is 10.7. The fraction of sp³-hybridized carbons (Fsp3) is 0.889. The number of aliphatic hydroxyl groups excluding tert-OH is 2. The molecular weight excluding hydrogens is 312 g/mol. The minimum absolute atomic E-state index is 0.131. The summed E-state index contributed by atoms with van der Waals surface area (Å²) in [6.45, 7) is 10.6. The van der Waals surface area contributed by atoms with Gasteiger partial charge in [-0.05, 0) is 25.2 Å². The Morgan fingerprint density at radius 1 is 1.38 bits per heavy atom. The first kappa shape index (κ1) is 21.1. The van der Waals surface area contributed by atoms with Crippen LogP contribution in [-0.2, 0) is 19.1 Å². The molecule has 0 aromatic heterocycles. The minimum atomic E-state index is -1.07. The van der Waals surface area contributed by atoms with Crippen LogP contribution in [-0.4, -0.2) is 53.0 Å². The molecule has 1 unspecified atom stereocenters. The molecule has 6 heteroatoms. The monoisotopic (exact) mass is 344 g/mol. The van der Waals surface area contributed by atoms with Crippen molar-refractivity contribution in [1.82, 2.24) is 0 Å². The van der Waals surface area contributed by atoms with Crippen molar-refractivity contribution in [2.45, 2.75) is 78.3 Å². The third-order valence-corrected chi connectivity index (χ3v) is 5.54. The Morgan fingerprint density at radius 2 is 1.92 bits per heavy atom. The van der Waals surface area contributed by atoms with Crippen LogP contribution < -0.4 is 0 Å². The van der Waals surface area contributed by atoms with E-state index in [1.807, 2.05) is 34.6 Å². The van der Waals surface area contributed by atoms with Crippen molar-refractivity contribution in [1.29, 1.82) is 0 Å². The summed E-state index contributed by atoms with van der Waals surface area (Å²) in [6.07, 6.45) is -2.10. The summed E-state index contributed by atoms with van der Waals surface area (Å²) in [4.78, 5) is 23.8. The summed E-state index contributed by atoms with van der Waals surface area (Å²) in [6, 6.07) is 0. The van der Waals surface area contributed by atoms with Gasteiger partial charge in [-0.1, -0.05) is 20.8 Å². The third kappa shape index (κ3) is 4.55. The van der Waals surface area contributed by atoms with Crippen molar-refractivity contribution >= 4 is 11.8 Å². The Morgan fingerprint density at radius 3 is 2.29 bits per heavy atom. The highest BCUT2D eigenvalue weighted by Gasteiger charge is 2.55. The number of carbonyl (C=O) groups is 2. The van der Waals surface area contributed by atoms with Gasteiger partial charge in [0.15, 0.2) is 5.78 Å². The molecule has 0 spiro atoms. The number of esters is 1. The fourth-order valence-corrected chi connectivity index (χ4v) is 3.62. The Hall–Kier alpha value is -0.980. The van der Waals surface area contributed by atoms with Gasteiger partial charge in [0.1, 0.15) is 12.2 Å². The SMILES string of the molecule is COC(C)(C)C[C@@H](C[C@@H](O)[C@H]1C(=O)[C@H](O)C(C)C1(C)C)OC(C)=O. The quantitative estimate of drug-likeness (QED) is 0.683. The number of rotatable bonds is 7. The molecule has 1 aliphatic carbocycles. The lowest BCUT2D eigenvalue weighted by molar-refractivity contribution is -0.152. The number of hydrogen-bond acceptors (Lipinski definition) is 6. The molecular formula is C18H32O6. The van der Waals surface area contributed by atoms with Crippen LogP contribution in [0.1, 0.15) is 54.4 Å². The normalized spacial score (nSPS) is 29.4. The molecule has 0 saturated heterocycles. The van der Waals surface area contributed by atoms with Gasteiger partial charge in [0.05, 0.1) is 17.6 Å². The zero-order valence-corrected chi connectivity index (χ0v) is 15.8. The molecule has 0 amide bonds. The smallest absolute Gasteiger partial charge is 0.302 e. The average molecular weight is 344 g/mol. The van der Waals surface area contributed by atoms with Gasteiger partial charge in [-0.15, -0.1) is 0 Å². The third-order valence-electron chi connectivity index (χ3n) is 5.54. The van der Waals surface area contributed by atoms with E-state index < -0.39 is 41.2 Å². The summed E-state index contributed by atoms with van der Waals surface area (Å²) in [7, 11) is 1.57. The second-order valence-electron chi connectivity index (χ2n) is 8.14. The standard InChI is InChI=1S/C18H32O6/c1-10-15(21)16(22)14(18(10,5)6)13(20)8-12(24-11(2)19)9-17(3,4)23-7/h10,12-15,20-21H,8-9H2,1-7H3/t10?,12-,13-,14+,15-/m1/s1. The molecule has 1 rings (SSSR count). The Balaban J connectivity index is 2.93. The van der Waals surface area contributed by atoms with Crippen LogP contribution in [0.4, 0.5) is 0 Å². The van der Waals surface area contributed by atoms with E-state index in [1.165, 1.54) is 6.92 Å². The van der Waals surface area contributed by atoms with E-state index >= 15 is 0 Å². The van der Waals surface area contributed by atoms with Gasteiger partial charge in [-0.2, -0.15) is 0 Å². The van der Waals surface area contributed by atoms with Crippen LogP contribution in [0, 0.1) is 17.3 Å². The van der Waals surface area contributed by atoms with E-state index in [9.17, 15) is 19.8 Å². The van der Waals surface area contributed by atoms with Gasteiger partial charge in [-0.3, -0.25) is 9.59 Å².